The van der Waals surface area contributed by atoms with Crippen molar-refractivity contribution in [2.45, 2.75) is 12.5 Å². The Labute approximate surface area is 101 Å². The monoisotopic (exact) mass is 255 g/mol. The van der Waals surface area contributed by atoms with Gasteiger partial charge in [0.05, 0.1) is 17.2 Å². The summed E-state index contributed by atoms with van der Waals surface area (Å²) < 4.78 is 26.2. The fraction of sp³-hybridized carbons (Fsp3) is 0.182. The van der Waals surface area contributed by atoms with E-state index >= 15 is 0 Å². The molecule has 0 radical (unpaired) electrons. The fourth-order valence-electron chi connectivity index (χ4n) is 1.55. The van der Waals surface area contributed by atoms with Crippen molar-refractivity contribution >= 4 is 11.3 Å². The van der Waals surface area contributed by atoms with E-state index in [0.717, 1.165) is 11.8 Å². The summed E-state index contributed by atoms with van der Waals surface area (Å²) in [5, 5.41) is 1.84. The maximum absolute atomic E-state index is 13.5. The minimum Gasteiger partial charge on any atom is -0.271 e. The lowest BCUT2D eigenvalue weighted by atomic mass is 10.0. The molecule has 17 heavy (non-hydrogen) atoms. The summed E-state index contributed by atoms with van der Waals surface area (Å²) in [4.78, 5) is 4.11. The maximum atomic E-state index is 13.5. The molecule has 90 valence electrons. The Kier molecular flexibility index (Phi) is 3.78. The molecule has 0 aliphatic carbocycles. The van der Waals surface area contributed by atoms with Crippen molar-refractivity contribution in [1.29, 1.82) is 0 Å². The molecule has 0 amide bonds. The number of thiazole rings is 1. The first-order valence-electron chi connectivity index (χ1n) is 4.99. The van der Waals surface area contributed by atoms with Gasteiger partial charge in [-0.05, 0) is 18.1 Å². The SMILES string of the molecule is NNC(Cc1ccc(F)cc1F)c1cscn1. The molecule has 0 fully saturated rings. The van der Waals surface area contributed by atoms with Crippen LogP contribution in [0.2, 0.25) is 0 Å². The second kappa shape index (κ2) is 5.31. The Hall–Kier alpha value is -1.37. The van der Waals surface area contributed by atoms with E-state index in [0.29, 0.717) is 12.0 Å². The lowest BCUT2D eigenvalue weighted by molar-refractivity contribution is 0.515. The highest BCUT2D eigenvalue weighted by atomic mass is 32.1. The number of hydrazine groups is 1. The summed E-state index contributed by atoms with van der Waals surface area (Å²) in [5.41, 5.74) is 5.42. The van der Waals surface area contributed by atoms with E-state index in [1.54, 1.807) is 5.51 Å². The average Bonchev–Trinajstić information content (AvgIpc) is 2.81. The second-order valence-electron chi connectivity index (χ2n) is 3.57. The lowest BCUT2D eigenvalue weighted by Gasteiger charge is -2.13. The summed E-state index contributed by atoms with van der Waals surface area (Å²) in [7, 11) is 0. The summed E-state index contributed by atoms with van der Waals surface area (Å²) in [6.07, 6.45) is 0.326. The van der Waals surface area contributed by atoms with Gasteiger partial charge in [-0.15, -0.1) is 11.3 Å². The summed E-state index contributed by atoms with van der Waals surface area (Å²) in [6, 6.07) is 3.24. The highest BCUT2D eigenvalue weighted by Gasteiger charge is 2.15. The Morgan fingerprint density at radius 3 is 2.82 bits per heavy atom. The molecule has 0 saturated heterocycles. The Bertz CT molecular complexity index is 487. The normalized spacial score (nSPS) is 12.6. The summed E-state index contributed by atoms with van der Waals surface area (Å²) >= 11 is 1.44. The smallest absolute Gasteiger partial charge is 0.129 e. The Morgan fingerprint density at radius 1 is 1.41 bits per heavy atom. The van der Waals surface area contributed by atoms with Crippen LogP contribution in [0.3, 0.4) is 0 Å². The quantitative estimate of drug-likeness (QED) is 0.650. The molecule has 1 heterocycles. The lowest BCUT2D eigenvalue weighted by Crippen LogP contribution is -2.30. The molecule has 1 aromatic carbocycles. The number of rotatable bonds is 4. The van der Waals surface area contributed by atoms with E-state index in [1.807, 2.05) is 5.38 Å². The van der Waals surface area contributed by atoms with Crippen LogP contribution in [-0.2, 0) is 6.42 Å². The van der Waals surface area contributed by atoms with Gasteiger partial charge in [-0.25, -0.2) is 13.8 Å². The van der Waals surface area contributed by atoms with Crippen molar-refractivity contribution in [3.8, 4) is 0 Å². The third-order valence-electron chi connectivity index (χ3n) is 2.45. The van der Waals surface area contributed by atoms with Crippen LogP contribution in [0.15, 0.2) is 29.1 Å². The van der Waals surface area contributed by atoms with Gasteiger partial charge in [0, 0.05) is 11.4 Å². The molecule has 3 nitrogen and oxygen atoms in total. The van der Waals surface area contributed by atoms with Crippen LogP contribution in [0.4, 0.5) is 8.78 Å². The van der Waals surface area contributed by atoms with Gasteiger partial charge in [0.15, 0.2) is 0 Å². The highest BCUT2D eigenvalue weighted by molar-refractivity contribution is 7.07. The summed E-state index contributed by atoms with van der Waals surface area (Å²) in [6.45, 7) is 0. The van der Waals surface area contributed by atoms with Gasteiger partial charge in [0.25, 0.3) is 0 Å². The first-order valence-corrected chi connectivity index (χ1v) is 5.93. The number of aromatic nitrogens is 1. The zero-order chi connectivity index (χ0) is 12.3. The van der Waals surface area contributed by atoms with E-state index in [1.165, 1.54) is 23.5 Å². The van der Waals surface area contributed by atoms with Crippen molar-refractivity contribution < 1.29 is 8.78 Å². The van der Waals surface area contributed by atoms with Gasteiger partial charge in [-0.1, -0.05) is 6.07 Å². The number of hydrogen-bond donors (Lipinski definition) is 2. The number of hydrogen-bond acceptors (Lipinski definition) is 4. The van der Waals surface area contributed by atoms with Crippen LogP contribution < -0.4 is 11.3 Å². The third kappa shape index (κ3) is 2.85. The third-order valence-corrected chi connectivity index (χ3v) is 3.05. The van der Waals surface area contributed by atoms with Crippen molar-refractivity contribution in [3.63, 3.8) is 0 Å². The van der Waals surface area contributed by atoms with Gasteiger partial charge in [0.2, 0.25) is 0 Å². The molecule has 0 spiro atoms. The van der Waals surface area contributed by atoms with E-state index in [9.17, 15) is 8.78 Å². The molecule has 2 rings (SSSR count). The Morgan fingerprint density at radius 2 is 2.24 bits per heavy atom. The van der Waals surface area contributed by atoms with Crippen LogP contribution in [0.1, 0.15) is 17.3 Å². The van der Waals surface area contributed by atoms with Crippen molar-refractivity contribution in [2.75, 3.05) is 0 Å². The standard InChI is InChI=1S/C11H11F2N3S/c12-8-2-1-7(9(13)4-8)3-10(16-14)11-5-17-6-15-11/h1-2,4-6,10,16H,3,14H2. The fourth-order valence-corrected chi connectivity index (χ4v) is 2.16. The van der Waals surface area contributed by atoms with E-state index in [-0.39, 0.29) is 6.04 Å². The van der Waals surface area contributed by atoms with Crippen molar-refractivity contribution in [2.24, 2.45) is 5.84 Å². The molecule has 0 saturated carbocycles. The molecule has 6 heteroatoms. The van der Waals surface area contributed by atoms with Gasteiger partial charge < -0.3 is 0 Å². The minimum absolute atomic E-state index is 0.277. The zero-order valence-corrected chi connectivity index (χ0v) is 9.68. The van der Waals surface area contributed by atoms with Crippen molar-refractivity contribution in [1.82, 2.24) is 10.4 Å². The topological polar surface area (TPSA) is 50.9 Å². The van der Waals surface area contributed by atoms with Gasteiger partial charge >= 0.3 is 0 Å². The van der Waals surface area contributed by atoms with Crippen molar-refractivity contribution in [3.05, 3.63) is 52.0 Å². The van der Waals surface area contributed by atoms with Crippen LogP contribution >= 0.6 is 11.3 Å². The average molecular weight is 255 g/mol. The number of nitrogens with zero attached hydrogens (tertiary/aromatic N) is 1. The van der Waals surface area contributed by atoms with Crippen LogP contribution in [0.5, 0.6) is 0 Å². The largest absolute Gasteiger partial charge is 0.271 e. The molecule has 1 atom stereocenters. The number of halogens is 2. The molecule has 1 unspecified atom stereocenters. The highest BCUT2D eigenvalue weighted by Crippen LogP contribution is 2.20. The molecule has 0 bridgehead atoms. The van der Waals surface area contributed by atoms with Crippen LogP contribution in [0.25, 0.3) is 0 Å². The summed E-state index contributed by atoms with van der Waals surface area (Å²) in [5.74, 6) is 4.25. The molecule has 1 aromatic heterocycles. The van der Waals surface area contributed by atoms with E-state index in [2.05, 4.69) is 10.4 Å². The van der Waals surface area contributed by atoms with Crippen LogP contribution in [0, 0.1) is 11.6 Å². The number of nitrogens with two attached hydrogens (primary N) is 1. The minimum atomic E-state index is -0.586. The molecular weight excluding hydrogens is 244 g/mol. The predicted molar refractivity (Wildman–Crippen MR) is 62.2 cm³/mol. The van der Waals surface area contributed by atoms with Crippen LogP contribution in [-0.4, -0.2) is 4.98 Å². The maximum Gasteiger partial charge on any atom is 0.129 e. The number of nitrogens with one attached hydrogen (secondary N) is 1. The van der Waals surface area contributed by atoms with E-state index < -0.39 is 11.6 Å². The number of benzene rings is 1. The van der Waals surface area contributed by atoms with Gasteiger partial charge in [-0.3, -0.25) is 11.3 Å². The second-order valence-corrected chi connectivity index (χ2v) is 4.29. The molecular formula is C11H11F2N3S. The molecule has 2 aromatic rings. The first-order chi connectivity index (χ1) is 8.20. The predicted octanol–water partition coefficient (Wildman–Crippen LogP) is 2.17. The van der Waals surface area contributed by atoms with E-state index in [4.69, 9.17) is 5.84 Å². The molecule has 3 N–H and O–H groups in total. The molecule has 0 aliphatic rings. The first kappa shape index (κ1) is 12.1. The Balaban J connectivity index is 2.19. The van der Waals surface area contributed by atoms with Gasteiger partial charge in [-0.2, -0.15) is 0 Å². The van der Waals surface area contributed by atoms with Gasteiger partial charge in [0.1, 0.15) is 11.6 Å². The zero-order valence-electron chi connectivity index (χ0n) is 8.86. The molecule has 0 aliphatic heterocycles.